The zero-order valence-corrected chi connectivity index (χ0v) is 15.1. The fraction of sp³-hybridized carbons (Fsp3) is 0.400. The van der Waals surface area contributed by atoms with E-state index in [2.05, 4.69) is 0 Å². The van der Waals surface area contributed by atoms with Crippen molar-refractivity contribution >= 4 is 41.8 Å². The van der Waals surface area contributed by atoms with Crippen molar-refractivity contribution in [3.05, 3.63) is 41.2 Å². The molecular formula is C15H21O3PS2. The van der Waals surface area contributed by atoms with E-state index in [1.54, 1.807) is 19.9 Å². The maximum atomic E-state index is 13.0. The van der Waals surface area contributed by atoms with E-state index in [-0.39, 0.29) is 0 Å². The first-order valence-electron chi connectivity index (χ1n) is 6.90. The smallest absolute Gasteiger partial charge is 0.305 e. The van der Waals surface area contributed by atoms with Crippen molar-refractivity contribution in [3.8, 4) is 0 Å². The summed E-state index contributed by atoms with van der Waals surface area (Å²) in [7, 11) is -3.38. The molecule has 6 heteroatoms. The summed E-state index contributed by atoms with van der Waals surface area (Å²) in [6.07, 6.45) is 1.80. The number of thioether (sulfide) groups is 1. The summed E-state index contributed by atoms with van der Waals surface area (Å²) >= 11 is 6.88. The van der Waals surface area contributed by atoms with Gasteiger partial charge in [0.2, 0.25) is 0 Å². The van der Waals surface area contributed by atoms with Gasteiger partial charge in [0.1, 0.15) is 0 Å². The van der Waals surface area contributed by atoms with Crippen molar-refractivity contribution in [2.45, 2.75) is 20.8 Å². The molecule has 0 unspecified atom stereocenters. The summed E-state index contributed by atoms with van der Waals surface area (Å²) in [5.41, 5.74) is 0.922. The minimum atomic E-state index is -3.38. The summed E-state index contributed by atoms with van der Waals surface area (Å²) in [5.74, 6) is 0.809. The van der Waals surface area contributed by atoms with Crippen LogP contribution in [-0.2, 0) is 13.6 Å². The second-order valence-corrected chi connectivity index (χ2v) is 7.93. The molecule has 0 bridgehead atoms. The standard InChI is InChI=1S/C15H21O3PS2/c1-4-17-19(16,18-5-2)14(15(20)21-6-3)12-13-10-8-7-9-11-13/h7-12H,4-6H2,1-3H3/b14-12-. The van der Waals surface area contributed by atoms with Crippen molar-refractivity contribution in [3.63, 3.8) is 0 Å². The molecule has 0 N–H and O–H groups in total. The molecule has 0 amide bonds. The van der Waals surface area contributed by atoms with Crippen LogP contribution in [0.5, 0.6) is 0 Å². The molecule has 1 aromatic rings. The zero-order valence-electron chi connectivity index (χ0n) is 12.6. The van der Waals surface area contributed by atoms with Crippen molar-refractivity contribution < 1.29 is 13.6 Å². The fourth-order valence-electron chi connectivity index (χ4n) is 1.68. The molecule has 0 atom stereocenters. The van der Waals surface area contributed by atoms with E-state index in [1.807, 2.05) is 37.3 Å². The van der Waals surface area contributed by atoms with Gasteiger partial charge in [0.25, 0.3) is 0 Å². The topological polar surface area (TPSA) is 35.5 Å². The normalized spacial score (nSPS) is 12.4. The highest BCUT2D eigenvalue weighted by molar-refractivity contribution is 8.24. The van der Waals surface area contributed by atoms with E-state index in [0.717, 1.165) is 11.3 Å². The number of hydrogen-bond acceptors (Lipinski definition) is 5. The van der Waals surface area contributed by atoms with Crippen LogP contribution in [0, 0.1) is 0 Å². The summed E-state index contributed by atoms with van der Waals surface area (Å²) in [6.45, 7) is 6.21. The maximum Gasteiger partial charge on any atom is 0.363 e. The second-order valence-electron chi connectivity index (χ2n) is 3.99. The number of benzene rings is 1. The molecule has 0 radical (unpaired) electrons. The number of thiocarbonyl (C=S) groups is 1. The minimum Gasteiger partial charge on any atom is -0.305 e. The highest BCUT2D eigenvalue weighted by atomic mass is 32.2. The largest absolute Gasteiger partial charge is 0.363 e. The Labute approximate surface area is 136 Å². The SMILES string of the molecule is CCOP(=O)(OCC)/C(=C\c1ccccc1)C(=S)SCC. The Morgan fingerprint density at radius 1 is 1.19 bits per heavy atom. The van der Waals surface area contributed by atoms with Gasteiger partial charge in [-0.1, -0.05) is 49.5 Å². The van der Waals surface area contributed by atoms with E-state index >= 15 is 0 Å². The Kier molecular flexibility index (Phi) is 8.45. The Balaban J connectivity index is 3.26. The molecule has 0 aliphatic carbocycles. The van der Waals surface area contributed by atoms with Gasteiger partial charge in [-0.3, -0.25) is 4.57 Å². The third-order valence-electron chi connectivity index (χ3n) is 2.48. The summed E-state index contributed by atoms with van der Waals surface area (Å²) < 4.78 is 24.5. The lowest BCUT2D eigenvalue weighted by atomic mass is 10.2. The fourth-order valence-corrected chi connectivity index (χ4v) is 4.99. The van der Waals surface area contributed by atoms with Gasteiger partial charge in [-0.2, -0.15) is 0 Å². The van der Waals surface area contributed by atoms with Crippen molar-refractivity contribution in [2.24, 2.45) is 0 Å². The molecule has 0 aliphatic rings. The molecule has 0 heterocycles. The van der Waals surface area contributed by atoms with Gasteiger partial charge in [-0.15, -0.1) is 11.8 Å². The van der Waals surface area contributed by atoms with Crippen LogP contribution in [0.15, 0.2) is 35.6 Å². The Bertz CT molecular complexity index is 519. The number of hydrogen-bond donors (Lipinski definition) is 0. The molecule has 0 saturated carbocycles. The Hall–Kier alpha value is -0.450. The van der Waals surface area contributed by atoms with Gasteiger partial charge in [0.15, 0.2) is 0 Å². The third-order valence-corrected chi connectivity index (χ3v) is 6.27. The van der Waals surface area contributed by atoms with E-state index in [0.29, 0.717) is 22.7 Å². The quantitative estimate of drug-likeness (QED) is 0.360. The molecule has 0 fully saturated rings. The van der Waals surface area contributed by atoms with Gasteiger partial charge in [-0.25, -0.2) is 0 Å². The van der Waals surface area contributed by atoms with Crippen LogP contribution in [0.4, 0.5) is 0 Å². The first-order chi connectivity index (χ1) is 10.1. The average molecular weight is 344 g/mol. The maximum absolute atomic E-state index is 13.0. The van der Waals surface area contributed by atoms with Crippen LogP contribution in [0.2, 0.25) is 0 Å². The second kappa shape index (κ2) is 9.54. The van der Waals surface area contributed by atoms with Gasteiger partial charge >= 0.3 is 7.60 Å². The molecule has 1 rings (SSSR count). The van der Waals surface area contributed by atoms with Crippen LogP contribution in [-0.4, -0.2) is 23.2 Å². The van der Waals surface area contributed by atoms with Crippen LogP contribution >= 0.6 is 31.6 Å². The average Bonchev–Trinajstić information content (AvgIpc) is 2.46. The molecule has 0 spiro atoms. The molecule has 0 aliphatic heterocycles. The Morgan fingerprint density at radius 2 is 1.76 bits per heavy atom. The van der Waals surface area contributed by atoms with Crippen molar-refractivity contribution in [1.29, 1.82) is 0 Å². The van der Waals surface area contributed by atoms with Crippen LogP contribution in [0.3, 0.4) is 0 Å². The van der Waals surface area contributed by atoms with Crippen LogP contribution < -0.4 is 0 Å². The van der Waals surface area contributed by atoms with Gasteiger partial charge in [0.05, 0.1) is 22.7 Å². The van der Waals surface area contributed by atoms with Crippen molar-refractivity contribution in [2.75, 3.05) is 19.0 Å². The first kappa shape index (κ1) is 18.6. The van der Waals surface area contributed by atoms with Crippen LogP contribution in [0.25, 0.3) is 6.08 Å². The van der Waals surface area contributed by atoms with Gasteiger partial charge in [-0.05, 0) is 31.2 Å². The Morgan fingerprint density at radius 3 is 2.24 bits per heavy atom. The highest BCUT2D eigenvalue weighted by Crippen LogP contribution is 2.58. The zero-order chi connectivity index (χ0) is 15.7. The highest BCUT2D eigenvalue weighted by Gasteiger charge is 2.32. The first-order valence-corrected chi connectivity index (χ1v) is 9.84. The van der Waals surface area contributed by atoms with E-state index < -0.39 is 7.60 Å². The van der Waals surface area contributed by atoms with Crippen molar-refractivity contribution in [1.82, 2.24) is 0 Å². The lowest BCUT2D eigenvalue weighted by Crippen LogP contribution is -2.04. The molecule has 21 heavy (non-hydrogen) atoms. The summed E-state index contributed by atoms with van der Waals surface area (Å²) in [6, 6.07) is 9.64. The molecule has 116 valence electrons. The molecule has 3 nitrogen and oxygen atoms in total. The lowest BCUT2D eigenvalue weighted by molar-refractivity contribution is 0.228. The van der Waals surface area contributed by atoms with Crippen LogP contribution in [0.1, 0.15) is 26.3 Å². The van der Waals surface area contributed by atoms with E-state index in [1.165, 1.54) is 11.8 Å². The third kappa shape index (κ3) is 5.68. The predicted octanol–water partition coefficient (Wildman–Crippen LogP) is 5.37. The molecule has 1 aromatic carbocycles. The van der Waals surface area contributed by atoms with Gasteiger partial charge in [0, 0.05) is 0 Å². The molecular weight excluding hydrogens is 323 g/mol. The van der Waals surface area contributed by atoms with E-state index in [4.69, 9.17) is 21.3 Å². The van der Waals surface area contributed by atoms with E-state index in [9.17, 15) is 4.57 Å². The molecule has 0 aromatic heterocycles. The molecule has 0 saturated heterocycles. The summed E-state index contributed by atoms with van der Waals surface area (Å²) in [4.78, 5) is 0. The minimum absolute atomic E-state index is 0.308. The summed E-state index contributed by atoms with van der Waals surface area (Å²) in [5, 5.41) is 0.472. The lowest BCUT2D eigenvalue weighted by Gasteiger charge is -2.20. The van der Waals surface area contributed by atoms with Gasteiger partial charge < -0.3 is 9.05 Å². The number of rotatable bonds is 8. The predicted molar refractivity (Wildman–Crippen MR) is 96.0 cm³/mol. The monoisotopic (exact) mass is 344 g/mol.